The van der Waals surface area contributed by atoms with Crippen molar-refractivity contribution in [2.24, 2.45) is 5.73 Å². The monoisotopic (exact) mass is 321 g/mol. The minimum atomic E-state index is -1.000. The average molecular weight is 322 g/mol. The van der Waals surface area contributed by atoms with Gasteiger partial charge in [0.05, 0.1) is 0 Å². The molecule has 0 saturated heterocycles. The number of benzene rings is 1. The number of hydrogen-bond donors (Lipinski definition) is 2. The minimum absolute atomic E-state index is 0.255. The van der Waals surface area contributed by atoms with E-state index in [9.17, 15) is 9.18 Å². The van der Waals surface area contributed by atoms with Crippen molar-refractivity contribution in [2.45, 2.75) is 18.2 Å². The molecular formula is C11H13BrFNO2S. The van der Waals surface area contributed by atoms with Crippen LogP contribution in [0, 0.1) is 5.82 Å². The second-order valence-electron chi connectivity index (χ2n) is 3.52. The predicted octanol–water partition coefficient (Wildman–Crippen LogP) is 2.62. The molecule has 0 aliphatic heterocycles. The van der Waals surface area contributed by atoms with Crippen LogP contribution in [-0.4, -0.2) is 22.9 Å². The molecule has 0 saturated carbocycles. The van der Waals surface area contributed by atoms with Gasteiger partial charge in [0, 0.05) is 10.2 Å². The predicted molar refractivity (Wildman–Crippen MR) is 70.5 cm³/mol. The number of carbonyl (C=O) groups is 1. The quantitative estimate of drug-likeness (QED) is 0.790. The lowest BCUT2D eigenvalue weighted by Crippen LogP contribution is -2.30. The zero-order chi connectivity index (χ0) is 12.8. The first-order valence-corrected chi connectivity index (χ1v) is 6.95. The SMILES string of the molecule is NC(CCSCc1ccc(Br)cc1F)C(=O)O. The highest BCUT2D eigenvalue weighted by atomic mass is 79.9. The van der Waals surface area contributed by atoms with Crippen molar-refractivity contribution < 1.29 is 14.3 Å². The fourth-order valence-electron chi connectivity index (χ4n) is 1.15. The molecule has 0 aliphatic carbocycles. The molecule has 0 aromatic heterocycles. The Hall–Kier alpha value is -0.590. The van der Waals surface area contributed by atoms with E-state index in [1.54, 1.807) is 12.1 Å². The summed E-state index contributed by atoms with van der Waals surface area (Å²) in [6.07, 6.45) is 0.387. The average Bonchev–Trinajstić information content (AvgIpc) is 2.26. The van der Waals surface area contributed by atoms with E-state index in [1.165, 1.54) is 17.8 Å². The van der Waals surface area contributed by atoms with E-state index in [0.717, 1.165) is 0 Å². The molecule has 3 nitrogen and oxygen atoms in total. The van der Waals surface area contributed by atoms with Gasteiger partial charge in [-0.25, -0.2) is 4.39 Å². The van der Waals surface area contributed by atoms with Crippen LogP contribution >= 0.6 is 27.7 Å². The summed E-state index contributed by atoms with van der Waals surface area (Å²) in [4.78, 5) is 10.5. The van der Waals surface area contributed by atoms with Crippen LogP contribution in [0.2, 0.25) is 0 Å². The van der Waals surface area contributed by atoms with Crippen LogP contribution in [-0.2, 0) is 10.5 Å². The van der Waals surface area contributed by atoms with Gasteiger partial charge >= 0.3 is 5.97 Å². The van der Waals surface area contributed by atoms with E-state index in [2.05, 4.69) is 15.9 Å². The van der Waals surface area contributed by atoms with Crippen LogP contribution in [0.3, 0.4) is 0 Å². The van der Waals surface area contributed by atoms with Gasteiger partial charge in [0.15, 0.2) is 0 Å². The summed E-state index contributed by atoms with van der Waals surface area (Å²) in [6, 6.07) is 4.07. The zero-order valence-corrected chi connectivity index (χ0v) is 11.4. The van der Waals surface area contributed by atoms with Gasteiger partial charge in [-0.2, -0.15) is 11.8 Å². The van der Waals surface area contributed by atoms with Crippen molar-refractivity contribution in [1.82, 2.24) is 0 Å². The summed E-state index contributed by atoms with van der Waals surface area (Å²) in [6.45, 7) is 0. The third kappa shape index (κ3) is 5.06. The van der Waals surface area contributed by atoms with Crippen molar-refractivity contribution >= 4 is 33.7 Å². The van der Waals surface area contributed by atoms with Crippen molar-refractivity contribution in [3.63, 3.8) is 0 Å². The Labute approximate surface area is 112 Å². The molecule has 0 heterocycles. The van der Waals surface area contributed by atoms with Gasteiger partial charge in [-0.15, -0.1) is 0 Å². The van der Waals surface area contributed by atoms with Crippen LogP contribution in [0.15, 0.2) is 22.7 Å². The van der Waals surface area contributed by atoms with E-state index in [4.69, 9.17) is 10.8 Å². The fourth-order valence-corrected chi connectivity index (χ4v) is 2.51. The maximum atomic E-state index is 13.4. The van der Waals surface area contributed by atoms with Crippen molar-refractivity contribution in [1.29, 1.82) is 0 Å². The van der Waals surface area contributed by atoms with E-state index in [1.807, 2.05) is 0 Å². The Bertz CT molecular complexity index is 403. The summed E-state index contributed by atoms with van der Waals surface area (Å²) in [7, 11) is 0. The number of hydrogen-bond acceptors (Lipinski definition) is 3. The topological polar surface area (TPSA) is 63.3 Å². The van der Waals surface area contributed by atoms with E-state index in [-0.39, 0.29) is 5.82 Å². The normalized spacial score (nSPS) is 12.4. The number of thioether (sulfide) groups is 1. The largest absolute Gasteiger partial charge is 0.480 e. The fraction of sp³-hybridized carbons (Fsp3) is 0.364. The smallest absolute Gasteiger partial charge is 0.320 e. The Kier molecular flexibility index (Phi) is 5.94. The first kappa shape index (κ1) is 14.5. The van der Waals surface area contributed by atoms with Gasteiger partial charge in [-0.3, -0.25) is 4.79 Å². The Morgan fingerprint density at radius 1 is 1.59 bits per heavy atom. The van der Waals surface area contributed by atoms with Gasteiger partial charge in [0.2, 0.25) is 0 Å². The van der Waals surface area contributed by atoms with Crippen LogP contribution in [0.4, 0.5) is 4.39 Å². The van der Waals surface area contributed by atoms with Gasteiger partial charge in [0.25, 0.3) is 0 Å². The van der Waals surface area contributed by atoms with Crippen LogP contribution in [0.1, 0.15) is 12.0 Å². The molecule has 94 valence electrons. The Morgan fingerprint density at radius 3 is 2.88 bits per heavy atom. The molecule has 0 spiro atoms. The second-order valence-corrected chi connectivity index (χ2v) is 5.54. The number of carboxylic acids is 1. The number of rotatable bonds is 6. The van der Waals surface area contributed by atoms with Gasteiger partial charge < -0.3 is 10.8 Å². The van der Waals surface area contributed by atoms with Crippen LogP contribution in [0.5, 0.6) is 0 Å². The number of aliphatic carboxylic acids is 1. The van der Waals surface area contributed by atoms with E-state index in [0.29, 0.717) is 28.0 Å². The molecule has 0 bridgehead atoms. The molecule has 1 unspecified atom stereocenters. The maximum absolute atomic E-state index is 13.4. The highest BCUT2D eigenvalue weighted by Crippen LogP contribution is 2.20. The van der Waals surface area contributed by atoms with Gasteiger partial charge in [0.1, 0.15) is 11.9 Å². The molecular weight excluding hydrogens is 309 g/mol. The molecule has 1 atom stereocenters. The third-order valence-electron chi connectivity index (χ3n) is 2.16. The highest BCUT2D eigenvalue weighted by molar-refractivity contribution is 9.10. The summed E-state index contributed by atoms with van der Waals surface area (Å²) < 4.78 is 14.1. The molecule has 0 radical (unpaired) electrons. The molecule has 0 aliphatic rings. The number of carboxylic acid groups (broad SMARTS) is 1. The molecule has 1 aromatic rings. The lowest BCUT2D eigenvalue weighted by Gasteiger charge is -2.06. The third-order valence-corrected chi connectivity index (χ3v) is 3.70. The van der Waals surface area contributed by atoms with Crippen molar-refractivity contribution in [3.8, 4) is 0 Å². The lowest BCUT2D eigenvalue weighted by atomic mass is 10.2. The first-order valence-electron chi connectivity index (χ1n) is 5.00. The zero-order valence-electron chi connectivity index (χ0n) is 9.03. The maximum Gasteiger partial charge on any atom is 0.320 e. The summed E-state index contributed by atoms with van der Waals surface area (Å²) in [5, 5.41) is 8.57. The molecule has 0 fully saturated rings. The molecule has 0 amide bonds. The van der Waals surface area contributed by atoms with Gasteiger partial charge in [-0.1, -0.05) is 22.0 Å². The van der Waals surface area contributed by atoms with Crippen LogP contribution in [0.25, 0.3) is 0 Å². The Balaban J connectivity index is 2.34. The van der Waals surface area contributed by atoms with Crippen molar-refractivity contribution in [2.75, 3.05) is 5.75 Å². The highest BCUT2D eigenvalue weighted by Gasteiger charge is 2.10. The molecule has 1 aromatic carbocycles. The van der Waals surface area contributed by atoms with Gasteiger partial charge in [-0.05, 0) is 29.9 Å². The van der Waals surface area contributed by atoms with Crippen LogP contribution < -0.4 is 5.73 Å². The lowest BCUT2D eigenvalue weighted by molar-refractivity contribution is -0.138. The number of nitrogens with two attached hydrogens (primary N) is 1. The van der Waals surface area contributed by atoms with E-state index < -0.39 is 12.0 Å². The number of halogens is 2. The molecule has 3 N–H and O–H groups in total. The molecule has 17 heavy (non-hydrogen) atoms. The van der Waals surface area contributed by atoms with E-state index >= 15 is 0 Å². The summed E-state index contributed by atoms with van der Waals surface area (Å²) >= 11 is 4.66. The Morgan fingerprint density at radius 2 is 2.29 bits per heavy atom. The first-order chi connectivity index (χ1) is 8.00. The van der Waals surface area contributed by atoms with Crippen molar-refractivity contribution in [3.05, 3.63) is 34.1 Å². The standard InChI is InChI=1S/C11H13BrFNO2S/c12-8-2-1-7(9(13)5-8)6-17-4-3-10(14)11(15)16/h1-2,5,10H,3-4,6,14H2,(H,15,16). The molecule has 6 heteroatoms. The summed E-state index contributed by atoms with van der Waals surface area (Å²) in [5.74, 6) is -0.135. The second kappa shape index (κ2) is 6.98. The minimum Gasteiger partial charge on any atom is -0.480 e. The summed E-state index contributed by atoms with van der Waals surface area (Å²) in [5.41, 5.74) is 5.97. The molecule has 1 rings (SSSR count).